The summed E-state index contributed by atoms with van der Waals surface area (Å²) in [6.07, 6.45) is 0. The van der Waals surface area contributed by atoms with E-state index >= 15 is 0 Å². The summed E-state index contributed by atoms with van der Waals surface area (Å²) in [4.78, 5) is 0. The molecule has 0 radical (unpaired) electrons. The van der Waals surface area contributed by atoms with Crippen LogP contribution in [0.15, 0.2) is 48.5 Å². The SMILES string of the molecule is COc1ccccc1NS(=O)(=O)Cc1ccc(C)cc1. The summed E-state index contributed by atoms with van der Waals surface area (Å²) < 4.78 is 32.0. The van der Waals surface area contributed by atoms with Crippen LogP contribution < -0.4 is 9.46 Å². The maximum absolute atomic E-state index is 12.2. The molecule has 4 nitrogen and oxygen atoms in total. The number of methoxy groups -OCH3 is 1. The van der Waals surface area contributed by atoms with Gasteiger partial charge in [0.2, 0.25) is 10.0 Å². The minimum Gasteiger partial charge on any atom is -0.495 e. The van der Waals surface area contributed by atoms with E-state index in [0.29, 0.717) is 11.4 Å². The van der Waals surface area contributed by atoms with E-state index in [1.54, 1.807) is 24.3 Å². The summed E-state index contributed by atoms with van der Waals surface area (Å²) in [5.74, 6) is 0.436. The van der Waals surface area contributed by atoms with Crippen LogP contribution in [-0.2, 0) is 15.8 Å². The van der Waals surface area contributed by atoms with Crippen molar-refractivity contribution in [3.8, 4) is 5.75 Å². The Labute approximate surface area is 119 Å². The second kappa shape index (κ2) is 5.96. The number of ether oxygens (including phenoxy) is 1. The van der Waals surface area contributed by atoms with Crippen LogP contribution >= 0.6 is 0 Å². The molecule has 0 saturated heterocycles. The predicted molar refractivity (Wildman–Crippen MR) is 80.4 cm³/mol. The molecule has 0 aliphatic rings. The van der Waals surface area contributed by atoms with Gasteiger partial charge in [0.05, 0.1) is 18.6 Å². The number of anilines is 1. The molecule has 2 aromatic carbocycles. The van der Waals surface area contributed by atoms with Gasteiger partial charge in [-0.1, -0.05) is 42.0 Å². The minimum absolute atomic E-state index is 0.0642. The zero-order valence-electron chi connectivity index (χ0n) is 11.5. The lowest BCUT2D eigenvalue weighted by molar-refractivity contribution is 0.417. The maximum atomic E-state index is 12.2. The van der Waals surface area contributed by atoms with Crippen molar-refractivity contribution in [2.45, 2.75) is 12.7 Å². The molecule has 2 aromatic rings. The van der Waals surface area contributed by atoms with Crippen molar-refractivity contribution in [3.05, 3.63) is 59.7 Å². The third-order valence-corrected chi connectivity index (χ3v) is 4.09. The molecule has 5 heteroatoms. The molecule has 0 fully saturated rings. The Hall–Kier alpha value is -2.01. The lowest BCUT2D eigenvalue weighted by Gasteiger charge is -2.11. The molecule has 106 valence electrons. The van der Waals surface area contributed by atoms with Crippen LogP contribution in [0.25, 0.3) is 0 Å². The third kappa shape index (κ3) is 3.74. The standard InChI is InChI=1S/C15H17NO3S/c1-12-7-9-13(10-8-12)11-20(17,18)16-14-5-3-4-6-15(14)19-2/h3-10,16H,11H2,1-2H3. The maximum Gasteiger partial charge on any atom is 0.237 e. The first-order valence-electron chi connectivity index (χ1n) is 6.19. The van der Waals surface area contributed by atoms with Crippen molar-refractivity contribution in [1.29, 1.82) is 0 Å². The van der Waals surface area contributed by atoms with Crippen molar-refractivity contribution in [2.24, 2.45) is 0 Å². The van der Waals surface area contributed by atoms with E-state index in [-0.39, 0.29) is 5.75 Å². The van der Waals surface area contributed by atoms with Gasteiger partial charge in [0.25, 0.3) is 0 Å². The fourth-order valence-electron chi connectivity index (χ4n) is 1.84. The molecule has 0 aliphatic heterocycles. The van der Waals surface area contributed by atoms with E-state index in [2.05, 4.69) is 4.72 Å². The molecule has 1 N–H and O–H groups in total. The summed E-state index contributed by atoms with van der Waals surface area (Å²) in [5.41, 5.74) is 2.30. The van der Waals surface area contributed by atoms with Gasteiger partial charge < -0.3 is 4.74 Å². The Morgan fingerprint density at radius 2 is 1.70 bits per heavy atom. The normalized spacial score (nSPS) is 11.1. The summed E-state index contributed by atoms with van der Waals surface area (Å²) in [6, 6.07) is 14.4. The number of para-hydroxylation sites is 2. The number of benzene rings is 2. The first-order valence-corrected chi connectivity index (χ1v) is 7.84. The molecule has 20 heavy (non-hydrogen) atoms. The van der Waals surface area contributed by atoms with Crippen LogP contribution in [0.4, 0.5) is 5.69 Å². The molecule has 0 bridgehead atoms. The number of sulfonamides is 1. The van der Waals surface area contributed by atoms with E-state index in [9.17, 15) is 8.42 Å². The second-order valence-corrected chi connectivity index (χ2v) is 6.27. The monoisotopic (exact) mass is 291 g/mol. The highest BCUT2D eigenvalue weighted by molar-refractivity contribution is 7.91. The lowest BCUT2D eigenvalue weighted by atomic mass is 10.2. The first-order chi connectivity index (χ1) is 9.50. The Bertz CT molecular complexity index is 679. The fourth-order valence-corrected chi connectivity index (χ4v) is 3.04. The number of rotatable bonds is 5. The Morgan fingerprint density at radius 3 is 2.35 bits per heavy atom. The zero-order chi connectivity index (χ0) is 14.6. The van der Waals surface area contributed by atoms with Gasteiger partial charge in [-0.05, 0) is 24.6 Å². The number of nitrogens with one attached hydrogen (secondary N) is 1. The Morgan fingerprint density at radius 1 is 1.05 bits per heavy atom. The van der Waals surface area contributed by atoms with Crippen LogP contribution in [0.5, 0.6) is 5.75 Å². The van der Waals surface area contributed by atoms with Gasteiger partial charge in [0, 0.05) is 0 Å². The molecule has 0 atom stereocenters. The highest BCUT2D eigenvalue weighted by atomic mass is 32.2. The van der Waals surface area contributed by atoms with Gasteiger partial charge in [0.15, 0.2) is 0 Å². The highest BCUT2D eigenvalue weighted by Crippen LogP contribution is 2.24. The van der Waals surface area contributed by atoms with Crippen molar-refractivity contribution < 1.29 is 13.2 Å². The van der Waals surface area contributed by atoms with Crippen LogP contribution in [0, 0.1) is 6.92 Å². The van der Waals surface area contributed by atoms with Gasteiger partial charge in [-0.2, -0.15) is 0 Å². The minimum atomic E-state index is -3.46. The third-order valence-electron chi connectivity index (χ3n) is 2.85. The summed E-state index contributed by atoms with van der Waals surface area (Å²) in [6.45, 7) is 1.96. The Kier molecular flexibility index (Phi) is 4.29. The van der Waals surface area contributed by atoms with E-state index in [4.69, 9.17) is 4.74 Å². The van der Waals surface area contributed by atoms with Crippen molar-refractivity contribution in [3.63, 3.8) is 0 Å². The molecule has 0 amide bonds. The molecule has 0 aliphatic carbocycles. The van der Waals surface area contributed by atoms with Gasteiger partial charge in [-0.25, -0.2) is 8.42 Å². The summed E-state index contributed by atoms with van der Waals surface area (Å²) in [7, 11) is -1.96. The average molecular weight is 291 g/mol. The number of hydrogen-bond acceptors (Lipinski definition) is 3. The molecule has 0 unspecified atom stereocenters. The summed E-state index contributed by atoms with van der Waals surface area (Å²) >= 11 is 0. The van der Waals surface area contributed by atoms with Gasteiger partial charge >= 0.3 is 0 Å². The van der Waals surface area contributed by atoms with Crippen LogP contribution in [0.2, 0.25) is 0 Å². The van der Waals surface area contributed by atoms with Crippen LogP contribution in [-0.4, -0.2) is 15.5 Å². The molecule has 0 saturated carbocycles. The van der Waals surface area contributed by atoms with E-state index in [0.717, 1.165) is 11.1 Å². The fraction of sp³-hybridized carbons (Fsp3) is 0.200. The van der Waals surface area contributed by atoms with Gasteiger partial charge in [-0.15, -0.1) is 0 Å². The molecular formula is C15H17NO3S. The smallest absolute Gasteiger partial charge is 0.237 e. The van der Waals surface area contributed by atoms with E-state index < -0.39 is 10.0 Å². The quantitative estimate of drug-likeness (QED) is 0.921. The van der Waals surface area contributed by atoms with Crippen LogP contribution in [0.3, 0.4) is 0 Å². The van der Waals surface area contributed by atoms with Gasteiger partial charge in [-0.3, -0.25) is 4.72 Å². The zero-order valence-corrected chi connectivity index (χ0v) is 12.3. The number of hydrogen-bond donors (Lipinski definition) is 1. The van der Waals surface area contributed by atoms with Gasteiger partial charge in [0.1, 0.15) is 5.75 Å². The predicted octanol–water partition coefficient (Wildman–Crippen LogP) is 2.95. The van der Waals surface area contributed by atoms with Crippen LogP contribution in [0.1, 0.15) is 11.1 Å². The van der Waals surface area contributed by atoms with Crippen molar-refractivity contribution >= 4 is 15.7 Å². The summed E-state index contributed by atoms with van der Waals surface area (Å²) in [5, 5.41) is 0. The van der Waals surface area contributed by atoms with E-state index in [1.165, 1.54) is 7.11 Å². The lowest BCUT2D eigenvalue weighted by Crippen LogP contribution is -2.15. The Balaban J connectivity index is 2.17. The largest absolute Gasteiger partial charge is 0.495 e. The second-order valence-electron chi connectivity index (χ2n) is 4.55. The molecule has 0 aromatic heterocycles. The highest BCUT2D eigenvalue weighted by Gasteiger charge is 2.14. The van der Waals surface area contributed by atoms with Crippen molar-refractivity contribution in [1.82, 2.24) is 0 Å². The molecule has 0 spiro atoms. The molecule has 0 heterocycles. The van der Waals surface area contributed by atoms with Crippen molar-refractivity contribution in [2.75, 3.05) is 11.8 Å². The topological polar surface area (TPSA) is 55.4 Å². The first kappa shape index (κ1) is 14.4. The average Bonchev–Trinajstić information content (AvgIpc) is 2.41. The molecule has 2 rings (SSSR count). The van der Waals surface area contributed by atoms with E-state index in [1.807, 2.05) is 31.2 Å². The number of aryl methyl sites for hydroxylation is 1. The molecular weight excluding hydrogens is 274 g/mol.